The molecule has 0 bridgehead atoms. The second-order valence-corrected chi connectivity index (χ2v) is 5.24. The second-order valence-electron chi connectivity index (χ2n) is 3.69. The fourth-order valence-corrected chi connectivity index (χ4v) is 1.72. The fraction of sp³-hybridized carbons (Fsp3) is 0.700. The van der Waals surface area contributed by atoms with E-state index in [9.17, 15) is 4.21 Å². The van der Waals surface area contributed by atoms with Crippen molar-refractivity contribution in [1.29, 1.82) is 0 Å². The van der Waals surface area contributed by atoms with Crippen molar-refractivity contribution in [2.24, 2.45) is 0 Å². The normalized spacial score (nSPS) is 15.1. The molecule has 1 rings (SSSR count). The number of nitrogens with one attached hydrogen (secondary N) is 1. The van der Waals surface area contributed by atoms with Crippen LogP contribution in [-0.4, -0.2) is 38.6 Å². The number of aryl methyl sites for hydroxylation is 1. The molecule has 0 amide bonds. The molecule has 0 fully saturated rings. The van der Waals surface area contributed by atoms with E-state index in [1.165, 1.54) is 0 Å². The van der Waals surface area contributed by atoms with Gasteiger partial charge in [-0.1, -0.05) is 0 Å². The summed E-state index contributed by atoms with van der Waals surface area (Å²) in [6.07, 6.45) is 6.53. The van der Waals surface area contributed by atoms with Gasteiger partial charge in [0.25, 0.3) is 0 Å². The Kier molecular flexibility index (Phi) is 5.57. The summed E-state index contributed by atoms with van der Waals surface area (Å²) in [4.78, 5) is 0. The van der Waals surface area contributed by atoms with Gasteiger partial charge < -0.3 is 5.32 Å². The van der Waals surface area contributed by atoms with Gasteiger partial charge >= 0.3 is 0 Å². The molecule has 0 aliphatic carbocycles. The Balaban J connectivity index is 2.08. The molecule has 0 aromatic carbocycles. The minimum atomic E-state index is -0.696. The summed E-state index contributed by atoms with van der Waals surface area (Å²) in [6.45, 7) is 3.89. The largest absolute Gasteiger partial charge is 0.313 e. The lowest BCUT2D eigenvalue weighted by Gasteiger charge is -2.12. The maximum atomic E-state index is 10.8. The van der Waals surface area contributed by atoms with E-state index >= 15 is 0 Å². The van der Waals surface area contributed by atoms with Gasteiger partial charge in [0.1, 0.15) is 0 Å². The highest BCUT2D eigenvalue weighted by Crippen LogP contribution is 1.94. The molecule has 4 nitrogen and oxygen atoms in total. The zero-order valence-corrected chi connectivity index (χ0v) is 10.2. The Bertz CT molecular complexity index is 287. The quantitative estimate of drug-likeness (QED) is 0.746. The monoisotopic (exact) mass is 229 g/mol. The summed E-state index contributed by atoms with van der Waals surface area (Å²) in [5, 5.41) is 7.48. The summed E-state index contributed by atoms with van der Waals surface area (Å²) < 4.78 is 12.8. The third-order valence-electron chi connectivity index (χ3n) is 2.23. The molecule has 2 atom stereocenters. The van der Waals surface area contributed by atoms with Gasteiger partial charge in [-0.05, 0) is 19.4 Å². The molecular formula is C10H19N3OS. The molecule has 0 saturated carbocycles. The molecule has 1 N–H and O–H groups in total. The molecule has 86 valence electrons. The fourth-order valence-electron chi connectivity index (χ4n) is 1.31. The molecule has 0 aliphatic rings. The van der Waals surface area contributed by atoms with Crippen LogP contribution in [0.3, 0.4) is 0 Å². The van der Waals surface area contributed by atoms with E-state index < -0.39 is 10.8 Å². The Morgan fingerprint density at radius 1 is 1.60 bits per heavy atom. The summed E-state index contributed by atoms with van der Waals surface area (Å²) in [6, 6.07) is 2.37. The highest BCUT2D eigenvalue weighted by atomic mass is 32.2. The number of nitrogens with zero attached hydrogens (tertiary/aromatic N) is 2. The lowest BCUT2D eigenvalue weighted by Crippen LogP contribution is -2.30. The molecular weight excluding hydrogens is 210 g/mol. The maximum absolute atomic E-state index is 10.8. The number of hydrogen-bond donors (Lipinski definition) is 1. The molecule has 0 radical (unpaired) electrons. The van der Waals surface area contributed by atoms with Gasteiger partial charge in [0.15, 0.2) is 0 Å². The summed E-state index contributed by atoms with van der Waals surface area (Å²) in [5.41, 5.74) is 0. The predicted octanol–water partition coefficient (Wildman–Crippen LogP) is 0.630. The molecule has 0 spiro atoms. The minimum Gasteiger partial charge on any atom is -0.313 e. The van der Waals surface area contributed by atoms with Gasteiger partial charge in [0.05, 0.1) is 0 Å². The van der Waals surface area contributed by atoms with Crippen LogP contribution in [-0.2, 0) is 17.3 Å². The van der Waals surface area contributed by atoms with Crippen molar-refractivity contribution >= 4 is 10.8 Å². The van der Waals surface area contributed by atoms with E-state index in [1.807, 2.05) is 16.9 Å². The van der Waals surface area contributed by atoms with Crippen LogP contribution in [0.5, 0.6) is 0 Å². The number of rotatable bonds is 7. The predicted molar refractivity (Wildman–Crippen MR) is 63.2 cm³/mol. The zero-order valence-electron chi connectivity index (χ0n) is 9.35. The highest BCUT2D eigenvalue weighted by molar-refractivity contribution is 7.84. The van der Waals surface area contributed by atoms with Crippen molar-refractivity contribution in [2.45, 2.75) is 25.9 Å². The van der Waals surface area contributed by atoms with Gasteiger partial charge in [-0.2, -0.15) is 5.10 Å². The summed E-state index contributed by atoms with van der Waals surface area (Å²) in [7, 11) is -0.696. The van der Waals surface area contributed by atoms with Crippen molar-refractivity contribution in [3.63, 3.8) is 0 Å². The number of aromatic nitrogens is 2. The van der Waals surface area contributed by atoms with Crippen LogP contribution < -0.4 is 5.32 Å². The van der Waals surface area contributed by atoms with E-state index in [1.54, 1.807) is 12.5 Å². The topological polar surface area (TPSA) is 46.9 Å². The average molecular weight is 229 g/mol. The lowest BCUT2D eigenvalue weighted by atomic mass is 10.2. The number of hydrogen-bond acceptors (Lipinski definition) is 3. The molecule has 0 aliphatic heterocycles. The van der Waals surface area contributed by atoms with Crippen LogP contribution in [0.25, 0.3) is 0 Å². The van der Waals surface area contributed by atoms with Gasteiger partial charge in [-0.3, -0.25) is 8.89 Å². The van der Waals surface area contributed by atoms with E-state index in [-0.39, 0.29) is 0 Å². The van der Waals surface area contributed by atoms with E-state index in [0.717, 1.165) is 25.3 Å². The van der Waals surface area contributed by atoms with Gasteiger partial charge in [0, 0.05) is 54.3 Å². The van der Waals surface area contributed by atoms with E-state index in [4.69, 9.17) is 0 Å². The van der Waals surface area contributed by atoms with Crippen LogP contribution in [0, 0.1) is 0 Å². The van der Waals surface area contributed by atoms with Crippen molar-refractivity contribution in [1.82, 2.24) is 15.1 Å². The van der Waals surface area contributed by atoms with Crippen molar-refractivity contribution in [3.8, 4) is 0 Å². The lowest BCUT2D eigenvalue weighted by molar-refractivity contribution is 0.468. The Labute approximate surface area is 93.5 Å². The maximum Gasteiger partial charge on any atom is 0.0489 e. The molecule has 15 heavy (non-hydrogen) atoms. The van der Waals surface area contributed by atoms with Gasteiger partial charge in [-0.15, -0.1) is 0 Å². The summed E-state index contributed by atoms with van der Waals surface area (Å²) in [5.74, 6) is 0.728. The molecule has 2 unspecified atom stereocenters. The first-order chi connectivity index (χ1) is 7.18. The standard InChI is InChI=1S/C10H19N3OS/c1-10(11-6-9-15(2)14)4-8-13-7-3-5-12-13/h3,5,7,10-11H,4,6,8-9H2,1-2H3. The SMILES string of the molecule is CC(CCn1cccn1)NCCS(C)=O. The molecule has 5 heteroatoms. The van der Waals surface area contributed by atoms with E-state index in [0.29, 0.717) is 6.04 Å². The molecule has 1 aromatic rings. The van der Waals surface area contributed by atoms with Crippen molar-refractivity contribution in [3.05, 3.63) is 18.5 Å². The molecule has 1 heterocycles. The zero-order chi connectivity index (χ0) is 11.1. The average Bonchev–Trinajstić information content (AvgIpc) is 2.66. The van der Waals surface area contributed by atoms with Crippen molar-refractivity contribution in [2.75, 3.05) is 18.6 Å². The first kappa shape index (κ1) is 12.4. The Morgan fingerprint density at radius 3 is 3.00 bits per heavy atom. The Morgan fingerprint density at radius 2 is 2.40 bits per heavy atom. The second kappa shape index (κ2) is 6.74. The Hall–Kier alpha value is -0.680. The van der Waals surface area contributed by atoms with Crippen LogP contribution in [0.15, 0.2) is 18.5 Å². The van der Waals surface area contributed by atoms with Gasteiger partial charge in [-0.25, -0.2) is 0 Å². The first-order valence-corrected chi connectivity index (χ1v) is 6.92. The highest BCUT2D eigenvalue weighted by Gasteiger charge is 2.01. The first-order valence-electron chi connectivity index (χ1n) is 5.19. The van der Waals surface area contributed by atoms with Crippen LogP contribution in [0.2, 0.25) is 0 Å². The molecule has 0 saturated heterocycles. The minimum absolute atomic E-state index is 0.442. The van der Waals surface area contributed by atoms with Crippen LogP contribution in [0.4, 0.5) is 0 Å². The van der Waals surface area contributed by atoms with Crippen molar-refractivity contribution < 1.29 is 4.21 Å². The van der Waals surface area contributed by atoms with Gasteiger partial charge in [0.2, 0.25) is 0 Å². The third-order valence-corrected chi connectivity index (χ3v) is 3.01. The van der Waals surface area contributed by atoms with E-state index in [2.05, 4.69) is 17.3 Å². The smallest absolute Gasteiger partial charge is 0.0489 e. The summed E-state index contributed by atoms with van der Waals surface area (Å²) >= 11 is 0. The van der Waals surface area contributed by atoms with Crippen LogP contribution >= 0.6 is 0 Å². The third kappa shape index (κ3) is 5.69. The molecule has 1 aromatic heterocycles. The van der Waals surface area contributed by atoms with Crippen LogP contribution in [0.1, 0.15) is 13.3 Å².